The summed E-state index contributed by atoms with van der Waals surface area (Å²) in [6.07, 6.45) is 5.04. The van der Waals surface area contributed by atoms with Crippen molar-refractivity contribution < 1.29 is 4.52 Å². The molecule has 0 spiro atoms. The van der Waals surface area contributed by atoms with Crippen LogP contribution in [0.15, 0.2) is 10.7 Å². The second kappa shape index (κ2) is 5.35. The molecular formula is C11H16N4OS. The fraction of sp³-hybridized carbons (Fsp3) is 0.545. The second-order valence-corrected chi connectivity index (χ2v) is 4.71. The summed E-state index contributed by atoms with van der Waals surface area (Å²) < 4.78 is 7.17. The lowest BCUT2D eigenvalue weighted by Crippen LogP contribution is -1.96. The van der Waals surface area contributed by atoms with Gasteiger partial charge in [-0.25, -0.2) is 0 Å². The summed E-state index contributed by atoms with van der Waals surface area (Å²) >= 11 is 1.67. The molecule has 0 saturated heterocycles. The monoisotopic (exact) mass is 252 g/mol. The van der Waals surface area contributed by atoms with Gasteiger partial charge >= 0.3 is 0 Å². The Kier molecular flexibility index (Phi) is 3.83. The van der Waals surface area contributed by atoms with E-state index < -0.39 is 0 Å². The first-order valence-electron chi connectivity index (χ1n) is 5.60. The summed E-state index contributed by atoms with van der Waals surface area (Å²) in [5, 5.41) is 8.35. The number of hydrogen-bond donors (Lipinski definition) is 0. The first kappa shape index (κ1) is 12.2. The van der Waals surface area contributed by atoms with Crippen LogP contribution >= 0.6 is 11.8 Å². The lowest BCUT2D eigenvalue weighted by atomic mass is 10.3. The first-order valence-corrected chi connectivity index (χ1v) is 7.00. The van der Waals surface area contributed by atoms with Gasteiger partial charge < -0.3 is 4.52 Å². The molecule has 2 rings (SSSR count). The summed E-state index contributed by atoms with van der Waals surface area (Å²) in [6.45, 7) is 4.99. The van der Waals surface area contributed by atoms with Gasteiger partial charge in [0.05, 0.1) is 17.0 Å². The minimum absolute atomic E-state index is 0.564. The third-order valence-electron chi connectivity index (χ3n) is 2.37. The van der Waals surface area contributed by atoms with Crippen LogP contribution in [0.3, 0.4) is 0 Å². The molecule has 0 aromatic carbocycles. The van der Waals surface area contributed by atoms with E-state index in [0.29, 0.717) is 5.89 Å². The third kappa shape index (κ3) is 2.69. The smallest absolute Gasteiger partial charge is 0.261 e. The van der Waals surface area contributed by atoms with Crippen LogP contribution < -0.4 is 0 Å². The number of aryl methyl sites for hydroxylation is 2. The number of thioether (sulfide) groups is 1. The van der Waals surface area contributed by atoms with E-state index in [1.807, 2.05) is 24.1 Å². The molecule has 5 nitrogen and oxygen atoms in total. The van der Waals surface area contributed by atoms with Crippen molar-refractivity contribution in [3.63, 3.8) is 0 Å². The number of nitrogens with zero attached hydrogens (tertiary/aromatic N) is 4. The zero-order chi connectivity index (χ0) is 12.3. The Balaban J connectivity index is 2.25. The van der Waals surface area contributed by atoms with Crippen LogP contribution in [-0.2, 0) is 12.3 Å². The molecule has 0 aliphatic heterocycles. The zero-order valence-corrected chi connectivity index (χ0v) is 11.1. The minimum atomic E-state index is 0.564. The number of aromatic nitrogens is 4. The predicted molar refractivity (Wildman–Crippen MR) is 67.8 cm³/mol. The molecule has 92 valence electrons. The van der Waals surface area contributed by atoms with Crippen LogP contribution in [0.5, 0.6) is 0 Å². The molecule has 0 bridgehead atoms. The van der Waals surface area contributed by atoms with Crippen molar-refractivity contribution in [3.05, 3.63) is 17.7 Å². The Morgan fingerprint density at radius 2 is 2.29 bits per heavy atom. The quantitative estimate of drug-likeness (QED) is 0.818. The standard InChI is InChI=1S/C11H16N4OS/c1-4-5-15-6-9(8(2)13-15)11-12-10(7-17-3)14-16-11/h6H,4-5,7H2,1-3H3. The van der Waals surface area contributed by atoms with E-state index in [2.05, 4.69) is 22.2 Å². The predicted octanol–water partition coefficient (Wildman–Crippen LogP) is 2.51. The van der Waals surface area contributed by atoms with Gasteiger partial charge in [0.2, 0.25) is 0 Å². The van der Waals surface area contributed by atoms with Crippen molar-refractivity contribution >= 4 is 11.8 Å². The molecule has 2 aromatic rings. The Hall–Kier alpha value is -1.30. The Morgan fingerprint density at radius 3 is 3.00 bits per heavy atom. The van der Waals surface area contributed by atoms with Crippen molar-refractivity contribution in [1.82, 2.24) is 19.9 Å². The number of rotatable bonds is 5. The van der Waals surface area contributed by atoms with Gasteiger partial charge in [-0.3, -0.25) is 4.68 Å². The van der Waals surface area contributed by atoms with Crippen LogP contribution in [-0.4, -0.2) is 26.2 Å². The average molecular weight is 252 g/mol. The van der Waals surface area contributed by atoms with E-state index >= 15 is 0 Å². The van der Waals surface area contributed by atoms with Crippen molar-refractivity contribution in [2.75, 3.05) is 6.26 Å². The molecule has 6 heteroatoms. The van der Waals surface area contributed by atoms with E-state index in [9.17, 15) is 0 Å². The van der Waals surface area contributed by atoms with Crippen molar-refractivity contribution in [2.45, 2.75) is 32.6 Å². The molecule has 17 heavy (non-hydrogen) atoms. The van der Waals surface area contributed by atoms with E-state index in [-0.39, 0.29) is 0 Å². The molecule has 0 radical (unpaired) electrons. The zero-order valence-electron chi connectivity index (χ0n) is 10.3. The van der Waals surface area contributed by atoms with E-state index in [1.165, 1.54) is 0 Å². The van der Waals surface area contributed by atoms with E-state index in [4.69, 9.17) is 4.52 Å². The van der Waals surface area contributed by atoms with Gasteiger partial charge in [-0.05, 0) is 19.6 Å². The van der Waals surface area contributed by atoms with Crippen molar-refractivity contribution in [1.29, 1.82) is 0 Å². The van der Waals surface area contributed by atoms with Gasteiger partial charge in [0.1, 0.15) is 0 Å². The van der Waals surface area contributed by atoms with Crippen LogP contribution in [0.2, 0.25) is 0 Å². The fourth-order valence-corrected chi connectivity index (χ4v) is 2.00. The highest BCUT2D eigenvalue weighted by Crippen LogP contribution is 2.21. The van der Waals surface area contributed by atoms with Gasteiger partial charge in [0.25, 0.3) is 5.89 Å². The average Bonchev–Trinajstić information content (AvgIpc) is 2.87. The normalized spacial score (nSPS) is 11.0. The molecule has 0 aliphatic carbocycles. The summed E-state index contributed by atoms with van der Waals surface area (Å²) in [5.41, 5.74) is 1.86. The highest BCUT2D eigenvalue weighted by Gasteiger charge is 2.14. The molecule has 0 N–H and O–H groups in total. The maximum absolute atomic E-state index is 5.25. The van der Waals surface area contributed by atoms with Crippen molar-refractivity contribution in [2.24, 2.45) is 0 Å². The lowest BCUT2D eigenvalue weighted by Gasteiger charge is -1.93. The van der Waals surface area contributed by atoms with Crippen LogP contribution in [0, 0.1) is 6.92 Å². The van der Waals surface area contributed by atoms with Crippen molar-refractivity contribution in [3.8, 4) is 11.5 Å². The maximum Gasteiger partial charge on any atom is 0.261 e. The lowest BCUT2D eigenvalue weighted by molar-refractivity contribution is 0.425. The summed E-state index contributed by atoms with van der Waals surface area (Å²) in [5.74, 6) is 2.06. The Labute approximate surface area is 105 Å². The summed E-state index contributed by atoms with van der Waals surface area (Å²) in [6, 6.07) is 0. The molecule has 0 aliphatic rings. The van der Waals surface area contributed by atoms with Crippen LogP contribution in [0.25, 0.3) is 11.5 Å². The SMILES string of the molecule is CCCn1cc(-c2nc(CSC)no2)c(C)n1. The molecule has 0 amide bonds. The summed E-state index contributed by atoms with van der Waals surface area (Å²) in [4.78, 5) is 4.35. The molecule has 0 atom stereocenters. The summed E-state index contributed by atoms with van der Waals surface area (Å²) in [7, 11) is 0. The Bertz CT molecular complexity index is 491. The van der Waals surface area contributed by atoms with E-state index in [1.54, 1.807) is 11.8 Å². The highest BCUT2D eigenvalue weighted by molar-refractivity contribution is 7.97. The van der Waals surface area contributed by atoms with Gasteiger partial charge in [-0.2, -0.15) is 21.8 Å². The molecule has 2 aromatic heterocycles. The van der Waals surface area contributed by atoms with Gasteiger partial charge in [-0.15, -0.1) is 0 Å². The largest absolute Gasteiger partial charge is 0.334 e. The fourth-order valence-electron chi connectivity index (χ4n) is 1.62. The Morgan fingerprint density at radius 1 is 1.47 bits per heavy atom. The minimum Gasteiger partial charge on any atom is -0.334 e. The van der Waals surface area contributed by atoms with E-state index in [0.717, 1.165) is 35.8 Å². The number of hydrogen-bond acceptors (Lipinski definition) is 5. The van der Waals surface area contributed by atoms with Crippen LogP contribution in [0.4, 0.5) is 0 Å². The molecular weight excluding hydrogens is 236 g/mol. The van der Waals surface area contributed by atoms with Gasteiger partial charge in [-0.1, -0.05) is 12.1 Å². The topological polar surface area (TPSA) is 56.7 Å². The third-order valence-corrected chi connectivity index (χ3v) is 2.92. The van der Waals surface area contributed by atoms with Gasteiger partial charge in [0, 0.05) is 12.7 Å². The first-order chi connectivity index (χ1) is 8.24. The maximum atomic E-state index is 5.25. The molecule has 0 unspecified atom stereocenters. The molecule has 0 fully saturated rings. The molecule has 0 saturated carbocycles. The van der Waals surface area contributed by atoms with Crippen LogP contribution in [0.1, 0.15) is 24.9 Å². The molecule has 2 heterocycles. The highest BCUT2D eigenvalue weighted by atomic mass is 32.2. The second-order valence-electron chi connectivity index (χ2n) is 3.84. The van der Waals surface area contributed by atoms with Gasteiger partial charge in [0.15, 0.2) is 5.82 Å².